The topological polar surface area (TPSA) is 77.8 Å². The van der Waals surface area contributed by atoms with Gasteiger partial charge < -0.3 is 19.2 Å². The number of nitrogens with one attached hydrogen (secondary N) is 1. The number of hydrogen-bond acceptors (Lipinski definition) is 6. The van der Waals surface area contributed by atoms with Crippen LogP contribution in [-0.2, 0) is 16.0 Å². The van der Waals surface area contributed by atoms with Crippen LogP contribution in [0.1, 0.15) is 22.8 Å². The Bertz CT molecular complexity index is 913. The molecule has 0 saturated carbocycles. The van der Waals surface area contributed by atoms with Gasteiger partial charge in [-0.3, -0.25) is 4.79 Å². The minimum atomic E-state index is -0.529. The Morgan fingerprint density at radius 1 is 1.19 bits per heavy atom. The number of hydrogen-bond donors (Lipinski definition) is 1. The van der Waals surface area contributed by atoms with Crippen molar-refractivity contribution < 1.29 is 23.5 Å². The van der Waals surface area contributed by atoms with Gasteiger partial charge in [0.15, 0.2) is 0 Å². The number of benzene rings is 1. The third kappa shape index (κ3) is 4.38. The third-order valence-electron chi connectivity index (χ3n) is 3.82. The van der Waals surface area contributed by atoms with E-state index in [1.165, 1.54) is 24.7 Å². The second-order valence-electron chi connectivity index (χ2n) is 5.62. The fourth-order valence-corrected chi connectivity index (χ4v) is 3.55. The van der Waals surface area contributed by atoms with E-state index in [1.54, 1.807) is 17.5 Å². The summed E-state index contributed by atoms with van der Waals surface area (Å²) < 4.78 is 15.6. The maximum absolute atomic E-state index is 12.4. The van der Waals surface area contributed by atoms with Gasteiger partial charge in [0, 0.05) is 10.9 Å². The van der Waals surface area contributed by atoms with E-state index in [-0.39, 0.29) is 17.9 Å². The van der Waals surface area contributed by atoms with Crippen molar-refractivity contribution in [3.63, 3.8) is 0 Å². The summed E-state index contributed by atoms with van der Waals surface area (Å²) >= 11 is 1.25. The Hall–Kier alpha value is -3.06. The van der Waals surface area contributed by atoms with Crippen LogP contribution in [0, 0.1) is 0 Å². The maximum Gasteiger partial charge on any atom is 0.341 e. The standard InChI is InChI=1S/C20H19NO5S/c1-3-25-14-8-6-13(7-9-14)11-17(22)21-19-18(20(23)24-2)15(12-27-19)16-5-4-10-26-16/h4-10,12H,3,11H2,1-2H3,(H,21,22). The van der Waals surface area contributed by atoms with E-state index in [9.17, 15) is 9.59 Å². The number of carbonyl (C=O) groups is 2. The molecule has 0 aliphatic rings. The van der Waals surface area contributed by atoms with E-state index in [1.807, 2.05) is 31.2 Å². The van der Waals surface area contributed by atoms with Gasteiger partial charge in [0.25, 0.3) is 0 Å². The lowest BCUT2D eigenvalue weighted by Gasteiger charge is -2.08. The van der Waals surface area contributed by atoms with Gasteiger partial charge in [0.2, 0.25) is 5.91 Å². The molecule has 2 heterocycles. The van der Waals surface area contributed by atoms with Gasteiger partial charge in [-0.15, -0.1) is 11.3 Å². The van der Waals surface area contributed by atoms with Gasteiger partial charge in [-0.25, -0.2) is 4.79 Å². The van der Waals surface area contributed by atoms with Crippen LogP contribution in [0.2, 0.25) is 0 Å². The summed E-state index contributed by atoms with van der Waals surface area (Å²) in [5.41, 5.74) is 1.73. The minimum absolute atomic E-state index is 0.182. The average Bonchev–Trinajstić information content (AvgIpc) is 3.32. The van der Waals surface area contributed by atoms with E-state index in [4.69, 9.17) is 13.9 Å². The number of amides is 1. The highest BCUT2D eigenvalue weighted by atomic mass is 32.1. The Morgan fingerprint density at radius 3 is 2.59 bits per heavy atom. The van der Waals surface area contributed by atoms with E-state index in [0.29, 0.717) is 22.9 Å². The molecule has 0 aliphatic carbocycles. The van der Waals surface area contributed by atoms with Gasteiger partial charge in [-0.1, -0.05) is 12.1 Å². The lowest BCUT2D eigenvalue weighted by molar-refractivity contribution is -0.115. The number of furan rings is 1. The van der Waals surface area contributed by atoms with Crippen LogP contribution in [-0.4, -0.2) is 25.6 Å². The summed E-state index contributed by atoms with van der Waals surface area (Å²) in [4.78, 5) is 24.7. The summed E-state index contributed by atoms with van der Waals surface area (Å²) in [5.74, 6) is 0.547. The number of esters is 1. The molecule has 0 saturated heterocycles. The lowest BCUT2D eigenvalue weighted by Crippen LogP contribution is -2.16. The summed E-state index contributed by atoms with van der Waals surface area (Å²) in [6, 6.07) is 10.8. The molecule has 2 aromatic heterocycles. The smallest absolute Gasteiger partial charge is 0.341 e. The SMILES string of the molecule is CCOc1ccc(CC(=O)Nc2scc(-c3ccco3)c2C(=O)OC)cc1. The first kappa shape index (κ1) is 18.7. The Morgan fingerprint density at radius 2 is 1.96 bits per heavy atom. The van der Waals surface area contributed by atoms with Gasteiger partial charge >= 0.3 is 5.97 Å². The molecule has 1 amide bonds. The highest BCUT2D eigenvalue weighted by Gasteiger charge is 2.23. The number of ether oxygens (including phenoxy) is 2. The predicted molar refractivity (Wildman–Crippen MR) is 103 cm³/mol. The zero-order chi connectivity index (χ0) is 19.2. The van der Waals surface area contributed by atoms with Gasteiger partial charge in [-0.05, 0) is 36.8 Å². The molecule has 27 heavy (non-hydrogen) atoms. The molecule has 1 N–H and O–H groups in total. The van der Waals surface area contributed by atoms with E-state index >= 15 is 0 Å². The zero-order valence-electron chi connectivity index (χ0n) is 15.0. The van der Waals surface area contributed by atoms with Crippen molar-refractivity contribution in [2.75, 3.05) is 19.0 Å². The van der Waals surface area contributed by atoms with Gasteiger partial charge in [-0.2, -0.15) is 0 Å². The number of carbonyl (C=O) groups excluding carboxylic acids is 2. The van der Waals surface area contributed by atoms with Gasteiger partial charge in [0.05, 0.1) is 26.4 Å². The number of methoxy groups -OCH3 is 1. The fourth-order valence-electron chi connectivity index (χ4n) is 2.59. The molecule has 0 atom stereocenters. The third-order valence-corrected chi connectivity index (χ3v) is 4.71. The first-order valence-corrected chi connectivity index (χ1v) is 9.25. The van der Waals surface area contributed by atoms with Crippen molar-refractivity contribution in [1.29, 1.82) is 0 Å². The maximum atomic E-state index is 12.4. The molecule has 140 valence electrons. The van der Waals surface area contributed by atoms with Gasteiger partial charge in [0.1, 0.15) is 22.1 Å². The van der Waals surface area contributed by atoms with Crippen LogP contribution >= 0.6 is 11.3 Å². The van der Waals surface area contributed by atoms with Crippen LogP contribution in [0.5, 0.6) is 5.75 Å². The molecule has 3 rings (SSSR count). The summed E-state index contributed by atoms with van der Waals surface area (Å²) in [7, 11) is 1.30. The lowest BCUT2D eigenvalue weighted by atomic mass is 10.1. The molecule has 0 radical (unpaired) electrons. The predicted octanol–water partition coefficient (Wildman–Crippen LogP) is 4.37. The molecule has 0 bridgehead atoms. The Balaban J connectivity index is 1.76. The normalized spacial score (nSPS) is 10.4. The van der Waals surface area contributed by atoms with Crippen LogP contribution in [0.4, 0.5) is 5.00 Å². The molecule has 0 aliphatic heterocycles. The van der Waals surface area contributed by atoms with Crippen molar-refractivity contribution >= 4 is 28.2 Å². The largest absolute Gasteiger partial charge is 0.494 e. The molecule has 1 aromatic carbocycles. The molecule has 3 aromatic rings. The van der Waals surface area contributed by atoms with Crippen molar-refractivity contribution in [2.45, 2.75) is 13.3 Å². The number of thiophene rings is 1. The van der Waals surface area contributed by atoms with Crippen molar-refractivity contribution in [1.82, 2.24) is 0 Å². The Kier molecular flexibility index (Phi) is 5.93. The van der Waals surface area contributed by atoms with Crippen LogP contribution in [0.25, 0.3) is 11.3 Å². The average molecular weight is 385 g/mol. The van der Waals surface area contributed by atoms with Crippen LogP contribution in [0.15, 0.2) is 52.5 Å². The number of anilines is 1. The summed E-state index contributed by atoms with van der Waals surface area (Å²) in [5, 5.41) is 5.00. The van der Waals surface area contributed by atoms with E-state index in [2.05, 4.69) is 5.32 Å². The van der Waals surface area contributed by atoms with Crippen LogP contribution < -0.4 is 10.1 Å². The monoisotopic (exact) mass is 385 g/mol. The second-order valence-corrected chi connectivity index (χ2v) is 6.50. The number of rotatable bonds is 7. The van der Waals surface area contributed by atoms with E-state index < -0.39 is 5.97 Å². The molecule has 0 fully saturated rings. The quantitative estimate of drug-likeness (QED) is 0.611. The zero-order valence-corrected chi connectivity index (χ0v) is 15.8. The highest BCUT2D eigenvalue weighted by Crippen LogP contribution is 2.36. The highest BCUT2D eigenvalue weighted by molar-refractivity contribution is 7.15. The second kappa shape index (κ2) is 8.55. The van der Waals surface area contributed by atoms with Crippen molar-refractivity contribution in [3.8, 4) is 17.1 Å². The van der Waals surface area contributed by atoms with Crippen molar-refractivity contribution in [2.24, 2.45) is 0 Å². The molecule has 0 unspecified atom stereocenters. The molecule has 6 nitrogen and oxygen atoms in total. The molecule has 0 spiro atoms. The fraction of sp³-hybridized carbons (Fsp3) is 0.200. The minimum Gasteiger partial charge on any atom is -0.494 e. The molecular weight excluding hydrogens is 366 g/mol. The molecule has 7 heteroatoms. The Labute approximate surface area is 160 Å². The van der Waals surface area contributed by atoms with Crippen molar-refractivity contribution in [3.05, 3.63) is 59.2 Å². The van der Waals surface area contributed by atoms with E-state index in [0.717, 1.165) is 11.3 Å². The first-order valence-electron chi connectivity index (χ1n) is 8.37. The van der Waals surface area contributed by atoms with Crippen LogP contribution in [0.3, 0.4) is 0 Å². The summed E-state index contributed by atoms with van der Waals surface area (Å²) in [6.07, 6.45) is 1.71. The molecular formula is C20H19NO5S. The summed E-state index contributed by atoms with van der Waals surface area (Å²) in [6.45, 7) is 2.50. The first-order chi connectivity index (χ1) is 13.1.